The van der Waals surface area contributed by atoms with Crippen LogP contribution >= 0.6 is 12.4 Å². The van der Waals surface area contributed by atoms with Gasteiger partial charge in [0.1, 0.15) is 0 Å². The van der Waals surface area contributed by atoms with E-state index in [9.17, 15) is 16.8 Å². The van der Waals surface area contributed by atoms with E-state index in [0.29, 0.717) is 32.6 Å². The molecule has 1 fully saturated rings. The Morgan fingerprint density at radius 2 is 1.77 bits per heavy atom. The molecule has 1 heterocycles. The summed E-state index contributed by atoms with van der Waals surface area (Å²) in [5, 5.41) is 0. The molecule has 1 aromatic carbocycles. The Labute approximate surface area is 163 Å². The second-order valence-corrected chi connectivity index (χ2v) is 10.2. The first-order valence-corrected chi connectivity index (χ1v) is 11.4. The van der Waals surface area contributed by atoms with Gasteiger partial charge in [0.25, 0.3) is 0 Å². The van der Waals surface area contributed by atoms with Gasteiger partial charge in [-0.05, 0) is 37.5 Å². The minimum absolute atomic E-state index is 0. The van der Waals surface area contributed by atoms with Gasteiger partial charge in [-0.1, -0.05) is 19.9 Å². The number of hydrogen-bond donors (Lipinski definition) is 1. The van der Waals surface area contributed by atoms with Crippen LogP contribution in [-0.2, 0) is 20.0 Å². The lowest BCUT2D eigenvalue weighted by molar-refractivity contribution is 0.429. The molecule has 1 aliphatic rings. The van der Waals surface area contributed by atoms with Crippen LogP contribution in [0.25, 0.3) is 0 Å². The van der Waals surface area contributed by atoms with E-state index >= 15 is 0 Å². The van der Waals surface area contributed by atoms with E-state index in [2.05, 4.69) is 0 Å². The van der Waals surface area contributed by atoms with Gasteiger partial charge in [-0.3, -0.25) is 0 Å². The highest BCUT2D eigenvalue weighted by Gasteiger charge is 2.34. The first-order chi connectivity index (χ1) is 11.6. The molecule has 0 saturated carbocycles. The van der Waals surface area contributed by atoms with E-state index in [1.54, 1.807) is 13.8 Å². The number of nitrogens with zero attached hydrogens (tertiary/aromatic N) is 2. The summed E-state index contributed by atoms with van der Waals surface area (Å²) in [7, 11) is -7.43. The van der Waals surface area contributed by atoms with E-state index in [1.165, 1.54) is 32.9 Å². The Morgan fingerprint density at radius 1 is 1.19 bits per heavy atom. The van der Waals surface area contributed by atoms with Crippen LogP contribution in [0, 0.1) is 5.92 Å². The first kappa shape index (κ1) is 23.3. The predicted octanol–water partition coefficient (Wildman–Crippen LogP) is 1.50. The van der Waals surface area contributed by atoms with Crippen molar-refractivity contribution in [3.63, 3.8) is 0 Å². The molecule has 0 amide bonds. The molecule has 1 aromatic rings. The van der Waals surface area contributed by atoms with Crippen molar-refractivity contribution in [1.29, 1.82) is 0 Å². The summed E-state index contributed by atoms with van der Waals surface area (Å²) >= 11 is 0. The highest BCUT2D eigenvalue weighted by atomic mass is 35.5. The first-order valence-electron chi connectivity index (χ1n) is 8.50. The van der Waals surface area contributed by atoms with Crippen LogP contribution in [0.15, 0.2) is 34.1 Å². The minimum atomic E-state index is -3.73. The smallest absolute Gasteiger partial charge is 0.243 e. The average molecular weight is 426 g/mol. The Hall–Kier alpha value is -0.710. The van der Waals surface area contributed by atoms with E-state index in [1.807, 2.05) is 6.92 Å². The SMILES string of the molecule is CCN(CC)S(=O)(=O)c1cccc(S(=O)(=O)N2CCC(C(C)N)C2)c1.Cl. The zero-order valence-electron chi connectivity index (χ0n) is 15.3. The van der Waals surface area contributed by atoms with Gasteiger partial charge in [0.05, 0.1) is 9.79 Å². The molecule has 7 nitrogen and oxygen atoms in total. The normalized spacial score (nSPS) is 20.1. The second-order valence-electron chi connectivity index (χ2n) is 6.34. The number of rotatable bonds is 7. The maximum absolute atomic E-state index is 12.9. The molecular weight excluding hydrogens is 398 g/mol. The summed E-state index contributed by atoms with van der Waals surface area (Å²) in [6.45, 7) is 6.81. The zero-order valence-corrected chi connectivity index (χ0v) is 17.8. The fraction of sp³-hybridized carbons (Fsp3) is 0.625. The molecule has 0 aromatic heterocycles. The maximum Gasteiger partial charge on any atom is 0.243 e. The molecule has 150 valence electrons. The predicted molar refractivity (Wildman–Crippen MR) is 104 cm³/mol. The van der Waals surface area contributed by atoms with Crippen LogP contribution in [-0.4, -0.2) is 57.7 Å². The minimum Gasteiger partial charge on any atom is -0.328 e. The molecule has 1 aliphatic heterocycles. The Balaban J connectivity index is 0.00000338. The molecule has 1 saturated heterocycles. The van der Waals surface area contributed by atoms with Gasteiger partial charge < -0.3 is 5.73 Å². The third-order valence-corrected chi connectivity index (χ3v) is 8.62. The maximum atomic E-state index is 12.9. The molecule has 0 aliphatic carbocycles. The Kier molecular flexibility index (Phi) is 8.06. The van der Waals surface area contributed by atoms with Gasteiger partial charge in [0.15, 0.2) is 0 Å². The van der Waals surface area contributed by atoms with Crippen molar-refractivity contribution in [3.8, 4) is 0 Å². The van der Waals surface area contributed by atoms with Crippen LogP contribution in [0.5, 0.6) is 0 Å². The number of halogens is 1. The van der Waals surface area contributed by atoms with E-state index in [0.717, 1.165) is 0 Å². The fourth-order valence-electron chi connectivity index (χ4n) is 3.06. The molecular formula is C16H28ClN3O4S2. The van der Waals surface area contributed by atoms with E-state index in [-0.39, 0.29) is 34.2 Å². The largest absolute Gasteiger partial charge is 0.328 e. The Morgan fingerprint density at radius 3 is 2.27 bits per heavy atom. The van der Waals surface area contributed by atoms with Crippen molar-refractivity contribution in [3.05, 3.63) is 24.3 Å². The molecule has 26 heavy (non-hydrogen) atoms. The number of nitrogens with two attached hydrogens (primary N) is 1. The van der Waals surface area contributed by atoms with Crippen molar-refractivity contribution in [2.24, 2.45) is 11.7 Å². The van der Waals surface area contributed by atoms with Gasteiger partial charge in [-0.25, -0.2) is 16.8 Å². The number of benzene rings is 1. The summed E-state index contributed by atoms with van der Waals surface area (Å²) in [5.41, 5.74) is 5.88. The topological polar surface area (TPSA) is 101 Å². The highest BCUT2D eigenvalue weighted by Crippen LogP contribution is 2.27. The van der Waals surface area contributed by atoms with Crippen molar-refractivity contribution in [2.75, 3.05) is 26.2 Å². The van der Waals surface area contributed by atoms with E-state index in [4.69, 9.17) is 5.73 Å². The van der Waals surface area contributed by atoms with Crippen LogP contribution in [0.2, 0.25) is 0 Å². The van der Waals surface area contributed by atoms with Crippen molar-refractivity contribution >= 4 is 32.5 Å². The monoisotopic (exact) mass is 425 g/mol. The fourth-order valence-corrected chi connectivity index (χ4v) is 6.20. The summed E-state index contributed by atoms with van der Waals surface area (Å²) < 4.78 is 53.7. The summed E-state index contributed by atoms with van der Waals surface area (Å²) in [4.78, 5) is 0.00581. The molecule has 2 rings (SSSR count). The highest BCUT2D eigenvalue weighted by molar-refractivity contribution is 7.90. The van der Waals surface area contributed by atoms with Crippen LogP contribution in [0.3, 0.4) is 0 Å². The lowest BCUT2D eigenvalue weighted by Gasteiger charge is -2.20. The molecule has 2 atom stereocenters. The second kappa shape index (κ2) is 8.99. The van der Waals surface area contributed by atoms with Gasteiger partial charge in [0.2, 0.25) is 20.0 Å². The number of hydrogen-bond acceptors (Lipinski definition) is 5. The standard InChI is InChI=1S/C16H27N3O4S2.ClH/c1-4-18(5-2)24(20,21)15-7-6-8-16(11-15)25(22,23)19-10-9-14(12-19)13(3)17;/h6-8,11,13-14H,4-5,9-10,12,17H2,1-3H3;1H. The van der Waals surface area contributed by atoms with Crippen molar-refractivity contribution < 1.29 is 16.8 Å². The van der Waals surface area contributed by atoms with Gasteiger partial charge >= 0.3 is 0 Å². The Bertz CT molecular complexity index is 809. The quantitative estimate of drug-likeness (QED) is 0.713. The molecule has 0 spiro atoms. The van der Waals surface area contributed by atoms with Crippen molar-refractivity contribution in [2.45, 2.75) is 43.0 Å². The van der Waals surface area contributed by atoms with Gasteiger partial charge in [-0.2, -0.15) is 8.61 Å². The summed E-state index contributed by atoms with van der Waals surface area (Å²) in [6, 6.07) is 5.52. The average Bonchev–Trinajstić information content (AvgIpc) is 3.07. The summed E-state index contributed by atoms with van der Waals surface area (Å²) in [5.74, 6) is 0.123. The molecule has 0 bridgehead atoms. The molecule has 10 heteroatoms. The lowest BCUT2D eigenvalue weighted by Crippen LogP contribution is -2.33. The lowest BCUT2D eigenvalue weighted by atomic mass is 10.0. The van der Waals surface area contributed by atoms with Crippen LogP contribution in [0.4, 0.5) is 0 Å². The number of sulfonamides is 2. The van der Waals surface area contributed by atoms with Gasteiger partial charge in [0, 0.05) is 32.2 Å². The van der Waals surface area contributed by atoms with Crippen LogP contribution < -0.4 is 5.73 Å². The molecule has 2 N–H and O–H groups in total. The molecule has 2 unspecified atom stereocenters. The van der Waals surface area contributed by atoms with Crippen LogP contribution in [0.1, 0.15) is 27.2 Å². The summed E-state index contributed by atoms with van der Waals surface area (Å²) in [6.07, 6.45) is 0.717. The van der Waals surface area contributed by atoms with Crippen molar-refractivity contribution in [1.82, 2.24) is 8.61 Å². The molecule has 0 radical (unpaired) electrons. The van der Waals surface area contributed by atoms with Gasteiger partial charge in [-0.15, -0.1) is 12.4 Å². The zero-order chi connectivity index (χ0) is 18.8. The third-order valence-electron chi connectivity index (χ3n) is 4.72. The third kappa shape index (κ3) is 4.58. The van der Waals surface area contributed by atoms with E-state index < -0.39 is 20.0 Å².